The normalized spacial score (nSPS) is 19.5. The summed E-state index contributed by atoms with van der Waals surface area (Å²) in [6.45, 7) is 9.82. The van der Waals surface area contributed by atoms with Crippen LogP contribution in [0.1, 0.15) is 6.92 Å². The molecule has 0 atom stereocenters. The number of rotatable bonds is 2. The van der Waals surface area contributed by atoms with Crippen molar-refractivity contribution in [1.82, 2.24) is 10.2 Å². The number of aliphatic imine (C=N–C) groups is 1. The lowest BCUT2D eigenvalue weighted by Gasteiger charge is -2.28. The van der Waals surface area contributed by atoms with E-state index in [0.29, 0.717) is 0 Å². The van der Waals surface area contributed by atoms with Crippen LogP contribution in [0.4, 0.5) is 0 Å². The number of amidine groups is 1. The zero-order valence-electron chi connectivity index (χ0n) is 8.16. The highest BCUT2D eigenvalue weighted by molar-refractivity contribution is 5.92. The quantitative estimate of drug-likeness (QED) is 0.506. The fourth-order valence-electron chi connectivity index (χ4n) is 1.31. The first-order chi connectivity index (χ1) is 6.38. The van der Waals surface area contributed by atoms with E-state index in [1.807, 2.05) is 19.1 Å². The Labute approximate surface area is 79.8 Å². The monoisotopic (exact) mass is 179 g/mol. The van der Waals surface area contributed by atoms with E-state index in [1.54, 1.807) is 6.20 Å². The molecule has 1 heterocycles. The molecule has 0 spiro atoms. The highest BCUT2D eigenvalue weighted by Gasteiger charge is 2.10. The maximum atomic E-state index is 4.30. The van der Waals surface area contributed by atoms with Crippen LogP contribution < -0.4 is 5.32 Å². The Balaban J connectivity index is 2.58. The Morgan fingerprint density at radius 1 is 1.46 bits per heavy atom. The van der Waals surface area contributed by atoms with E-state index >= 15 is 0 Å². The number of hydrogen-bond acceptors (Lipinski definition) is 2. The van der Waals surface area contributed by atoms with Crippen LogP contribution in [-0.4, -0.2) is 36.9 Å². The maximum Gasteiger partial charge on any atom is 0.127 e. The summed E-state index contributed by atoms with van der Waals surface area (Å²) in [7, 11) is 0. The Kier molecular flexibility index (Phi) is 4.26. The molecule has 72 valence electrons. The maximum absolute atomic E-state index is 4.30. The minimum Gasteiger partial charge on any atom is -0.354 e. The van der Waals surface area contributed by atoms with Gasteiger partial charge in [0, 0.05) is 32.4 Å². The van der Waals surface area contributed by atoms with Crippen molar-refractivity contribution >= 4 is 5.84 Å². The SMILES string of the molecule is C=CC(=N/C=C\C)N1CCNCC1. The molecule has 0 saturated carbocycles. The first kappa shape index (κ1) is 9.99. The Morgan fingerprint density at radius 2 is 2.15 bits per heavy atom. The summed E-state index contributed by atoms with van der Waals surface area (Å²) in [5, 5.41) is 3.30. The van der Waals surface area contributed by atoms with Gasteiger partial charge in [-0.3, -0.25) is 0 Å². The van der Waals surface area contributed by atoms with E-state index in [-0.39, 0.29) is 0 Å². The highest BCUT2D eigenvalue weighted by atomic mass is 15.2. The van der Waals surface area contributed by atoms with Crippen LogP contribution >= 0.6 is 0 Å². The van der Waals surface area contributed by atoms with Gasteiger partial charge in [-0.15, -0.1) is 0 Å². The van der Waals surface area contributed by atoms with Crippen molar-refractivity contribution in [3.8, 4) is 0 Å². The smallest absolute Gasteiger partial charge is 0.127 e. The fraction of sp³-hybridized carbons (Fsp3) is 0.500. The lowest BCUT2D eigenvalue weighted by atomic mass is 10.3. The minimum atomic E-state index is 0.972. The number of nitrogens with one attached hydrogen (secondary N) is 1. The van der Waals surface area contributed by atoms with Gasteiger partial charge < -0.3 is 10.2 Å². The summed E-state index contributed by atoms with van der Waals surface area (Å²) in [6, 6.07) is 0. The van der Waals surface area contributed by atoms with Crippen molar-refractivity contribution in [2.45, 2.75) is 6.92 Å². The molecule has 1 aliphatic heterocycles. The van der Waals surface area contributed by atoms with E-state index in [9.17, 15) is 0 Å². The third-order valence-electron chi connectivity index (χ3n) is 1.98. The van der Waals surface area contributed by atoms with Gasteiger partial charge >= 0.3 is 0 Å². The third kappa shape index (κ3) is 3.03. The average molecular weight is 179 g/mol. The number of hydrogen-bond donors (Lipinski definition) is 1. The molecule has 13 heavy (non-hydrogen) atoms. The predicted octanol–water partition coefficient (Wildman–Crippen LogP) is 1.01. The summed E-state index contributed by atoms with van der Waals surface area (Å²) >= 11 is 0. The summed E-state index contributed by atoms with van der Waals surface area (Å²) in [5.74, 6) is 0.972. The lowest BCUT2D eigenvalue weighted by Crippen LogP contribution is -2.45. The molecule has 1 saturated heterocycles. The summed E-state index contributed by atoms with van der Waals surface area (Å²) < 4.78 is 0. The lowest BCUT2D eigenvalue weighted by molar-refractivity contribution is 0.359. The molecule has 3 heteroatoms. The Morgan fingerprint density at radius 3 is 2.69 bits per heavy atom. The van der Waals surface area contributed by atoms with Gasteiger partial charge in [0.25, 0.3) is 0 Å². The molecular weight excluding hydrogens is 162 g/mol. The van der Waals surface area contributed by atoms with E-state index in [1.165, 1.54) is 0 Å². The molecular formula is C10H17N3. The molecule has 1 N–H and O–H groups in total. The number of nitrogens with zero attached hydrogens (tertiary/aromatic N) is 2. The van der Waals surface area contributed by atoms with E-state index < -0.39 is 0 Å². The van der Waals surface area contributed by atoms with E-state index in [2.05, 4.69) is 21.8 Å². The van der Waals surface area contributed by atoms with Gasteiger partial charge in [-0.25, -0.2) is 4.99 Å². The fourth-order valence-corrected chi connectivity index (χ4v) is 1.31. The van der Waals surface area contributed by atoms with Crippen molar-refractivity contribution in [3.05, 3.63) is 24.9 Å². The van der Waals surface area contributed by atoms with Gasteiger partial charge in [-0.1, -0.05) is 12.7 Å². The van der Waals surface area contributed by atoms with Crippen LogP contribution in [0.5, 0.6) is 0 Å². The van der Waals surface area contributed by atoms with Crippen molar-refractivity contribution in [3.63, 3.8) is 0 Å². The molecule has 0 aromatic carbocycles. The van der Waals surface area contributed by atoms with Crippen LogP contribution in [-0.2, 0) is 0 Å². The number of allylic oxidation sites excluding steroid dienone is 1. The average Bonchev–Trinajstić information content (AvgIpc) is 2.21. The molecule has 0 radical (unpaired) electrons. The van der Waals surface area contributed by atoms with Gasteiger partial charge in [0.15, 0.2) is 0 Å². The molecule has 1 aliphatic rings. The molecule has 3 nitrogen and oxygen atoms in total. The first-order valence-corrected chi connectivity index (χ1v) is 4.65. The molecule has 0 bridgehead atoms. The molecule has 0 aromatic heterocycles. The van der Waals surface area contributed by atoms with Crippen molar-refractivity contribution < 1.29 is 0 Å². The Bertz CT molecular complexity index is 212. The Hall–Kier alpha value is -1.09. The second-order valence-corrected chi connectivity index (χ2v) is 2.91. The van der Waals surface area contributed by atoms with Gasteiger partial charge in [-0.2, -0.15) is 0 Å². The van der Waals surface area contributed by atoms with Crippen LogP contribution in [0.15, 0.2) is 29.9 Å². The molecule has 1 fully saturated rings. The van der Waals surface area contributed by atoms with Gasteiger partial charge in [-0.05, 0) is 13.0 Å². The molecule has 0 amide bonds. The predicted molar refractivity (Wildman–Crippen MR) is 56.9 cm³/mol. The van der Waals surface area contributed by atoms with E-state index in [0.717, 1.165) is 32.0 Å². The van der Waals surface area contributed by atoms with Gasteiger partial charge in [0.2, 0.25) is 0 Å². The summed E-state index contributed by atoms with van der Waals surface area (Å²) in [5.41, 5.74) is 0. The van der Waals surface area contributed by atoms with Crippen molar-refractivity contribution in [1.29, 1.82) is 0 Å². The first-order valence-electron chi connectivity index (χ1n) is 4.65. The van der Waals surface area contributed by atoms with Crippen LogP contribution in [0.3, 0.4) is 0 Å². The molecule has 0 aliphatic carbocycles. The summed E-state index contributed by atoms with van der Waals surface area (Å²) in [6.07, 6.45) is 5.54. The van der Waals surface area contributed by atoms with Crippen LogP contribution in [0.2, 0.25) is 0 Å². The van der Waals surface area contributed by atoms with Crippen LogP contribution in [0, 0.1) is 0 Å². The van der Waals surface area contributed by atoms with Gasteiger partial charge in [0.1, 0.15) is 5.84 Å². The molecule has 0 aromatic rings. The van der Waals surface area contributed by atoms with E-state index in [4.69, 9.17) is 0 Å². The summed E-state index contributed by atoms with van der Waals surface area (Å²) in [4.78, 5) is 6.54. The third-order valence-corrected chi connectivity index (χ3v) is 1.98. The second-order valence-electron chi connectivity index (χ2n) is 2.91. The number of piperazine rings is 1. The van der Waals surface area contributed by atoms with Crippen LogP contribution in [0.25, 0.3) is 0 Å². The minimum absolute atomic E-state index is 0.972. The second kappa shape index (κ2) is 5.54. The highest BCUT2D eigenvalue weighted by Crippen LogP contribution is 1.97. The van der Waals surface area contributed by atoms with Crippen molar-refractivity contribution in [2.75, 3.05) is 26.2 Å². The largest absolute Gasteiger partial charge is 0.354 e. The van der Waals surface area contributed by atoms with Gasteiger partial charge in [0.05, 0.1) is 0 Å². The topological polar surface area (TPSA) is 27.6 Å². The zero-order chi connectivity index (χ0) is 9.52. The zero-order valence-corrected chi connectivity index (χ0v) is 8.16. The standard InChI is InChI=1S/C10H17N3/c1-3-5-12-10(4-2)13-8-6-11-7-9-13/h3-5,11H,2,6-9H2,1H3/b5-3-,12-10?. The molecule has 1 rings (SSSR count). The van der Waals surface area contributed by atoms with Crippen molar-refractivity contribution in [2.24, 2.45) is 4.99 Å². The molecule has 0 unspecified atom stereocenters.